The van der Waals surface area contributed by atoms with E-state index < -0.39 is 5.92 Å². The Bertz CT molecular complexity index is 1060. The van der Waals surface area contributed by atoms with Crippen molar-refractivity contribution in [1.82, 2.24) is 0 Å². The summed E-state index contributed by atoms with van der Waals surface area (Å²) in [5, 5.41) is 0.616. The maximum Gasteiger partial charge on any atom is 0.319 e. The van der Waals surface area contributed by atoms with Crippen LogP contribution in [0.1, 0.15) is 42.4 Å². The topological polar surface area (TPSA) is 39.4 Å². The highest BCUT2D eigenvalue weighted by molar-refractivity contribution is 6.58. The van der Waals surface area contributed by atoms with Crippen molar-refractivity contribution in [3.63, 3.8) is 0 Å². The molecule has 1 heterocycles. The molecule has 162 valence electrons. The van der Waals surface area contributed by atoms with Gasteiger partial charge >= 0.3 is 5.97 Å². The van der Waals surface area contributed by atoms with Gasteiger partial charge in [0.05, 0.1) is 5.92 Å². The normalized spacial score (nSPS) is 12.0. The molecule has 3 aromatic rings. The van der Waals surface area contributed by atoms with Gasteiger partial charge in [0.25, 0.3) is 0 Å². The molecular weight excluding hydrogens is 455 g/mol. The summed E-state index contributed by atoms with van der Waals surface area (Å²) in [5.74, 6) is 0.522. The first-order valence-corrected chi connectivity index (χ1v) is 11.1. The molecular formula is C25H23Cl3O3. The van der Waals surface area contributed by atoms with Gasteiger partial charge in [0.2, 0.25) is 0 Å². The zero-order valence-corrected chi connectivity index (χ0v) is 19.8. The molecule has 0 saturated carbocycles. The number of benzene rings is 2. The van der Waals surface area contributed by atoms with Crippen LogP contribution in [0.5, 0.6) is 5.75 Å². The molecule has 1 atom stereocenters. The van der Waals surface area contributed by atoms with Crippen LogP contribution in [0.4, 0.5) is 0 Å². The summed E-state index contributed by atoms with van der Waals surface area (Å²) < 4.78 is 11.7. The van der Waals surface area contributed by atoms with E-state index in [0.29, 0.717) is 34.3 Å². The van der Waals surface area contributed by atoms with Gasteiger partial charge in [-0.25, -0.2) is 0 Å². The van der Waals surface area contributed by atoms with Crippen LogP contribution in [-0.2, 0) is 11.2 Å². The lowest BCUT2D eigenvalue weighted by Crippen LogP contribution is -2.23. The number of ether oxygens (including phenoxy) is 1. The Morgan fingerprint density at radius 3 is 2.26 bits per heavy atom. The molecule has 0 fully saturated rings. The number of rotatable bonds is 7. The standard InChI is InChI=1S/C25H23Cl3O3/c1-15(2)23(18-9-11-19(26)12-10-18)25(29)31-21-14-22(30-16(21)3)20(24(27)28)13-17-7-5-4-6-8-17/h4-12,14-15,23H,13H2,1-3H3. The van der Waals surface area contributed by atoms with Crippen LogP contribution >= 0.6 is 34.8 Å². The van der Waals surface area contributed by atoms with Gasteiger partial charge in [0, 0.05) is 23.1 Å². The number of carbonyl (C=O) groups is 1. The smallest absolute Gasteiger partial charge is 0.319 e. The number of furan rings is 1. The molecule has 3 nitrogen and oxygen atoms in total. The van der Waals surface area contributed by atoms with Gasteiger partial charge in [-0.3, -0.25) is 4.79 Å². The molecule has 0 saturated heterocycles. The highest BCUT2D eigenvalue weighted by atomic mass is 35.5. The largest absolute Gasteiger partial charge is 0.458 e. The summed E-state index contributed by atoms with van der Waals surface area (Å²) in [6.07, 6.45) is 0.489. The monoisotopic (exact) mass is 476 g/mol. The van der Waals surface area contributed by atoms with E-state index in [0.717, 1.165) is 11.1 Å². The van der Waals surface area contributed by atoms with Crippen LogP contribution in [0.15, 0.2) is 69.6 Å². The number of hydrogen-bond donors (Lipinski definition) is 0. The van der Waals surface area contributed by atoms with Crippen molar-refractivity contribution in [3.8, 4) is 5.75 Å². The van der Waals surface area contributed by atoms with Crippen LogP contribution < -0.4 is 4.74 Å². The lowest BCUT2D eigenvalue weighted by Gasteiger charge is -2.19. The Hall–Kier alpha value is -2.20. The third-order valence-corrected chi connectivity index (χ3v) is 5.69. The second-order valence-corrected chi connectivity index (χ2v) is 9.01. The fourth-order valence-corrected chi connectivity index (χ4v) is 3.84. The minimum absolute atomic E-state index is 0.0335. The van der Waals surface area contributed by atoms with Gasteiger partial charge in [0.15, 0.2) is 5.75 Å². The number of esters is 1. The van der Waals surface area contributed by atoms with Crippen molar-refractivity contribution in [2.24, 2.45) is 5.92 Å². The average Bonchev–Trinajstić information content (AvgIpc) is 3.08. The third-order valence-electron chi connectivity index (χ3n) is 4.98. The van der Waals surface area contributed by atoms with Crippen LogP contribution in [0.2, 0.25) is 5.02 Å². The number of carbonyl (C=O) groups excluding carboxylic acids is 1. The van der Waals surface area contributed by atoms with Gasteiger partial charge in [-0.2, -0.15) is 0 Å². The summed E-state index contributed by atoms with van der Waals surface area (Å²) in [6, 6.07) is 18.7. The molecule has 2 aromatic carbocycles. The fraction of sp³-hybridized carbons (Fsp3) is 0.240. The maximum atomic E-state index is 13.0. The lowest BCUT2D eigenvalue weighted by atomic mass is 9.88. The summed E-state index contributed by atoms with van der Waals surface area (Å²) in [6.45, 7) is 5.69. The molecule has 0 amide bonds. The van der Waals surface area contributed by atoms with Gasteiger partial charge in [-0.05, 0) is 36.1 Å². The predicted octanol–water partition coefficient (Wildman–Crippen LogP) is 7.98. The first kappa shape index (κ1) is 23.5. The third kappa shape index (κ3) is 5.94. The molecule has 0 bridgehead atoms. The van der Waals surface area contributed by atoms with Crippen LogP contribution in [-0.4, -0.2) is 5.97 Å². The SMILES string of the molecule is Cc1oc(C(Cc2ccccc2)=C(Cl)Cl)cc1OC(=O)C(c1ccc(Cl)cc1)C(C)C. The fourth-order valence-electron chi connectivity index (χ4n) is 3.40. The molecule has 0 N–H and O–H groups in total. The lowest BCUT2D eigenvalue weighted by molar-refractivity contribution is -0.137. The first-order chi connectivity index (χ1) is 14.8. The van der Waals surface area contributed by atoms with E-state index in [1.165, 1.54) is 0 Å². The minimum Gasteiger partial charge on any atom is -0.458 e. The zero-order valence-electron chi connectivity index (χ0n) is 17.5. The van der Waals surface area contributed by atoms with E-state index >= 15 is 0 Å². The minimum atomic E-state index is -0.439. The van der Waals surface area contributed by atoms with Crippen molar-refractivity contribution in [1.29, 1.82) is 0 Å². The number of aryl methyl sites for hydroxylation is 1. The Morgan fingerprint density at radius 2 is 1.68 bits per heavy atom. The van der Waals surface area contributed by atoms with Gasteiger partial charge in [-0.15, -0.1) is 0 Å². The van der Waals surface area contributed by atoms with Gasteiger partial charge < -0.3 is 9.15 Å². The van der Waals surface area contributed by atoms with E-state index in [1.807, 2.05) is 56.3 Å². The quantitative estimate of drug-likeness (QED) is 0.324. The van der Waals surface area contributed by atoms with Crippen molar-refractivity contribution in [2.75, 3.05) is 0 Å². The highest BCUT2D eigenvalue weighted by Gasteiger charge is 2.28. The zero-order chi connectivity index (χ0) is 22.5. The van der Waals surface area contributed by atoms with Crippen LogP contribution in [0.3, 0.4) is 0 Å². The van der Waals surface area contributed by atoms with E-state index in [-0.39, 0.29) is 16.4 Å². The van der Waals surface area contributed by atoms with Crippen molar-refractivity contribution in [2.45, 2.75) is 33.1 Å². The van der Waals surface area contributed by atoms with Gasteiger partial charge in [0.1, 0.15) is 16.0 Å². The molecule has 6 heteroatoms. The summed E-state index contributed by atoms with van der Waals surface area (Å²) in [7, 11) is 0. The van der Waals surface area contributed by atoms with Crippen LogP contribution in [0.25, 0.3) is 5.57 Å². The Balaban J connectivity index is 1.84. The van der Waals surface area contributed by atoms with Crippen molar-refractivity contribution >= 4 is 46.3 Å². The van der Waals surface area contributed by atoms with E-state index in [9.17, 15) is 4.79 Å². The second-order valence-electron chi connectivity index (χ2n) is 7.63. The van der Waals surface area contributed by atoms with Crippen molar-refractivity contribution in [3.05, 3.63) is 92.8 Å². The summed E-state index contributed by atoms with van der Waals surface area (Å²) in [4.78, 5) is 13.0. The summed E-state index contributed by atoms with van der Waals surface area (Å²) >= 11 is 18.3. The molecule has 0 aliphatic heterocycles. The Labute approximate surface area is 197 Å². The molecule has 3 rings (SSSR count). The number of hydrogen-bond acceptors (Lipinski definition) is 3. The number of allylic oxidation sites excluding steroid dienone is 1. The summed E-state index contributed by atoms with van der Waals surface area (Å²) in [5.41, 5.74) is 2.50. The van der Waals surface area contributed by atoms with Crippen molar-refractivity contribution < 1.29 is 13.9 Å². The molecule has 1 unspecified atom stereocenters. The molecule has 0 radical (unpaired) electrons. The highest BCUT2D eigenvalue weighted by Crippen LogP contribution is 2.35. The molecule has 0 aliphatic rings. The van der Waals surface area contributed by atoms with Gasteiger partial charge in [-0.1, -0.05) is 91.1 Å². The first-order valence-electron chi connectivity index (χ1n) is 9.92. The maximum absolute atomic E-state index is 13.0. The van der Waals surface area contributed by atoms with E-state index in [2.05, 4.69) is 0 Å². The van der Waals surface area contributed by atoms with E-state index in [4.69, 9.17) is 44.0 Å². The average molecular weight is 478 g/mol. The Kier molecular flexibility index (Phi) is 7.88. The molecule has 0 aliphatic carbocycles. The predicted molar refractivity (Wildman–Crippen MR) is 127 cm³/mol. The van der Waals surface area contributed by atoms with Crippen LogP contribution in [0, 0.1) is 12.8 Å². The second kappa shape index (κ2) is 10.4. The Morgan fingerprint density at radius 1 is 1.03 bits per heavy atom. The number of halogens is 3. The molecule has 1 aromatic heterocycles. The molecule has 31 heavy (non-hydrogen) atoms. The van der Waals surface area contributed by atoms with E-state index in [1.54, 1.807) is 25.1 Å². The molecule has 0 spiro atoms.